The number of amides is 2. The standard InChI is InChI=1S/C23H25ClN2O5/c1-15-5-4-6-19(16(15)2)25-21(27)13-26(9-10-29-3)22(28)8-7-17-11-18(24)23-20(12-17)30-14-31-23/h4-8,11-12H,9-10,13-14H2,1-3H3,(H,25,27)/b8-7+. The van der Waals surface area contributed by atoms with Gasteiger partial charge in [0.05, 0.1) is 11.6 Å². The summed E-state index contributed by atoms with van der Waals surface area (Å²) >= 11 is 6.19. The third-order valence-electron chi connectivity index (χ3n) is 4.96. The highest BCUT2D eigenvalue weighted by Gasteiger charge is 2.19. The Labute approximate surface area is 186 Å². The van der Waals surface area contributed by atoms with Gasteiger partial charge in [0.15, 0.2) is 11.5 Å². The number of ether oxygens (including phenoxy) is 3. The second kappa shape index (κ2) is 10.3. The molecule has 0 saturated carbocycles. The predicted octanol–water partition coefficient (Wildman–Crippen LogP) is 3.81. The highest BCUT2D eigenvalue weighted by Crippen LogP contribution is 2.40. The number of aryl methyl sites for hydroxylation is 1. The molecule has 1 aliphatic heterocycles. The zero-order valence-corrected chi connectivity index (χ0v) is 18.5. The van der Waals surface area contributed by atoms with Crippen LogP contribution in [0.2, 0.25) is 5.02 Å². The molecule has 8 heteroatoms. The normalized spacial score (nSPS) is 12.3. The number of hydrogen-bond acceptors (Lipinski definition) is 5. The molecule has 0 fully saturated rings. The fraction of sp³-hybridized carbons (Fsp3) is 0.304. The summed E-state index contributed by atoms with van der Waals surface area (Å²) in [5.74, 6) is 0.429. The van der Waals surface area contributed by atoms with Crippen LogP contribution in [-0.4, -0.2) is 50.3 Å². The lowest BCUT2D eigenvalue weighted by atomic mass is 10.1. The minimum Gasteiger partial charge on any atom is -0.454 e. The van der Waals surface area contributed by atoms with Crippen molar-refractivity contribution < 1.29 is 23.8 Å². The topological polar surface area (TPSA) is 77.1 Å². The van der Waals surface area contributed by atoms with Gasteiger partial charge in [0, 0.05) is 25.4 Å². The summed E-state index contributed by atoms with van der Waals surface area (Å²) in [6.07, 6.45) is 3.02. The van der Waals surface area contributed by atoms with Crippen molar-refractivity contribution in [3.05, 3.63) is 58.1 Å². The first kappa shape index (κ1) is 22.7. The van der Waals surface area contributed by atoms with Gasteiger partial charge in [-0.1, -0.05) is 23.7 Å². The maximum Gasteiger partial charge on any atom is 0.247 e. The molecular formula is C23H25ClN2O5. The summed E-state index contributed by atoms with van der Waals surface area (Å²) in [6.45, 7) is 4.53. The van der Waals surface area contributed by atoms with Crippen molar-refractivity contribution in [3.63, 3.8) is 0 Å². The molecule has 1 aliphatic rings. The van der Waals surface area contributed by atoms with Gasteiger partial charge in [-0.2, -0.15) is 0 Å². The van der Waals surface area contributed by atoms with Crippen molar-refractivity contribution in [2.24, 2.45) is 0 Å². The molecule has 0 spiro atoms. The molecule has 0 radical (unpaired) electrons. The van der Waals surface area contributed by atoms with E-state index in [0.717, 1.165) is 16.8 Å². The van der Waals surface area contributed by atoms with Gasteiger partial charge in [0.2, 0.25) is 18.6 Å². The molecule has 0 bridgehead atoms. The van der Waals surface area contributed by atoms with Crippen LogP contribution in [0.25, 0.3) is 6.08 Å². The zero-order chi connectivity index (χ0) is 22.4. The zero-order valence-electron chi connectivity index (χ0n) is 17.7. The van der Waals surface area contributed by atoms with Crippen molar-refractivity contribution in [1.82, 2.24) is 4.90 Å². The highest BCUT2D eigenvalue weighted by atomic mass is 35.5. The molecule has 0 aromatic heterocycles. The third-order valence-corrected chi connectivity index (χ3v) is 5.24. The van der Waals surface area contributed by atoms with Crippen molar-refractivity contribution in [2.45, 2.75) is 13.8 Å². The van der Waals surface area contributed by atoms with E-state index >= 15 is 0 Å². The SMILES string of the molecule is COCCN(CC(=O)Nc1cccc(C)c1C)C(=O)/C=C/c1cc(Cl)c2c(c1)OCO2. The summed E-state index contributed by atoms with van der Waals surface area (Å²) in [5, 5.41) is 3.29. The molecule has 3 rings (SSSR count). The van der Waals surface area contributed by atoms with E-state index < -0.39 is 0 Å². The number of halogens is 1. The first-order chi connectivity index (χ1) is 14.9. The lowest BCUT2D eigenvalue weighted by Crippen LogP contribution is -2.39. The average molecular weight is 445 g/mol. The van der Waals surface area contributed by atoms with Crippen LogP contribution in [0.4, 0.5) is 5.69 Å². The maximum atomic E-state index is 12.8. The number of nitrogens with one attached hydrogen (secondary N) is 1. The Morgan fingerprint density at radius 1 is 1.26 bits per heavy atom. The van der Waals surface area contributed by atoms with E-state index in [2.05, 4.69) is 5.32 Å². The van der Waals surface area contributed by atoms with Gasteiger partial charge in [-0.05, 0) is 54.8 Å². The summed E-state index contributed by atoms with van der Waals surface area (Å²) in [7, 11) is 1.54. The number of anilines is 1. The van der Waals surface area contributed by atoms with E-state index in [0.29, 0.717) is 28.7 Å². The van der Waals surface area contributed by atoms with E-state index in [4.69, 9.17) is 25.8 Å². The van der Waals surface area contributed by atoms with Crippen LogP contribution in [0.1, 0.15) is 16.7 Å². The van der Waals surface area contributed by atoms with Gasteiger partial charge in [0.1, 0.15) is 6.54 Å². The van der Waals surface area contributed by atoms with Crippen LogP contribution in [0.3, 0.4) is 0 Å². The fourth-order valence-corrected chi connectivity index (χ4v) is 3.35. The van der Waals surface area contributed by atoms with Crippen LogP contribution in [-0.2, 0) is 14.3 Å². The second-order valence-electron chi connectivity index (χ2n) is 7.12. The Morgan fingerprint density at radius 3 is 2.84 bits per heavy atom. The average Bonchev–Trinajstić information content (AvgIpc) is 3.22. The molecule has 164 valence electrons. The molecule has 1 heterocycles. The number of carbonyl (C=O) groups is 2. The van der Waals surface area contributed by atoms with Crippen LogP contribution < -0.4 is 14.8 Å². The highest BCUT2D eigenvalue weighted by molar-refractivity contribution is 6.32. The van der Waals surface area contributed by atoms with E-state index in [-0.39, 0.29) is 31.7 Å². The number of methoxy groups -OCH3 is 1. The van der Waals surface area contributed by atoms with E-state index in [1.54, 1.807) is 25.3 Å². The molecule has 0 atom stereocenters. The summed E-state index contributed by atoms with van der Waals surface area (Å²) in [4.78, 5) is 26.8. The van der Waals surface area contributed by atoms with Crippen molar-refractivity contribution in [3.8, 4) is 11.5 Å². The molecule has 1 N–H and O–H groups in total. The lowest BCUT2D eigenvalue weighted by Gasteiger charge is -2.21. The smallest absolute Gasteiger partial charge is 0.247 e. The molecule has 0 unspecified atom stereocenters. The summed E-state index contributed by atoms with van der Waals surface area (Å²) in [6, 6.07) is 9.12. The van der Waals surface area contributed by atoms with Gasteiger partial charge < -0.3 is 24.4 Å². The van der Waals surface area contributed by atoms with E-state index in [1.807, 2.05) is 32.0 Å². The van der Waals surface area contributed by atoms with Crippen LogP contribution in [0.5, 0.6) is 11.5 Å². The van der Waals surface area contributed by atoms with Crippen molar-refractivity contribution >= 4 is 35.2 Å². The number of rotatable bonds is 8. The molecular weight excluding hydrogens is 420 g/mol. The quantitative estimate of drug-likeness (QED) is 0.626. The largest absolute Gasteiger partial charge is 0.454 e. The van der Waals surface area contributed by atoms with Gasteiger partial charge in [-0.3, -0.25) is 9.59 Å². The molecule has 31 heavy (non-hydrogen) atoms. The molecule has 0 aliphatic carbocycles. The number of benzene rings is 2. The monoisotopic (exact) mass is 444 g/mol. The summed E-state index contributed by atoms with van der Waals surface area (Å²) in [5.41, 5.74) is 3.49. The fourth-order valence-electron chi connectivity index (χ4n) is 3.07. The van der Waals surface area contributed by atoms with E-state index in [9.17, 15) is 9.59 Å². The number of fused-ring (bicyclic) bond motifs is 1. The third kappa shape index (κ3) is 5.77. The minimum atomic E-state index is -0.318. The van der Waals surface area contributed by atoms with Gasteiger partial charge in [-0.15, -0.1) is 0 Å². The maximum absolute atomic E-state index is 12.8. The molecule has 7 nitrogen and oxygen atoms in total. The number of hydrogen-bond donors (Lipinski definition) is 1. The number of carbonyl (C=O) groups excluding carboxylic acids is 2. The molecule has 2 aromatic rings. The first-order valence-corrected chi connectivity index (χ1v) is 10.2. The Kier molecular flexibility index (Phi) is 7.55. The predicted molar refractivity (Wildman–Crippen MR) is 120 cm³/mol. The first-order valence-electron chi connectivity index (χ1n) is 9.80. The van der Waals surface area contributed by atoms with E-state index in [1.165, 1.54) is 11.0 Å². The Bertz CT molecular complexity index is 1010. The molecule has 2 aromatic carbocycles. The van der Waals surface area contributed by atoms with Gasteiger partial charge >= 0.3 is 0 Å². The lowest BCUT2D eigenvalue weighted by molar-refractivity contribution is -0.131. The van der Waals surface area contributed by atoms with Gasteiger partial charge in [-0.25, -0.2) is 0 Å². The number of nitrogens with zero attached hydrogens (tertiary/aromatic N) is 1. The Morgan fingerprint density at radius 2 is 2.06 bits per heavy atom. The van der Waals surface area contributed by atoms with Crippen molar-refractivity contribution in [2.75, 3.05) is 38.9 Å². The molecule has 2 amide bonds. The molecule has 0 saturated heterocycles. The Balaban J connectivity index is 1.68. The Hall–Kier alpha value is -3.03. The van der Waals surface area contributed by atoms with Crippen LogP contribution >= 0.6 is 11.6 Å². The van der Waals surface area contributed by atoms with Crippen LogP contribution in [0.15, 0.2) is 36.4 Å². The summed E-state index contributed by atoms with van der Waals surface area (Å²) < 4.78 is 15.7. The minimum absolute atomic E-state index is 0.0954. The van der Waals surface area contributed by atoms with Crippen LogP contribution in [0, 0.1) is 13.8 Å². The van der Waals surface area contributed by atoms with Crippen molar-refractivity contribution in [1.29, 1.82) is 0 Å². The van der Waals surface area contributed by atoms with Gasteiger partial charge in [0.25, 0.3) is 0 Å². The second-order valence-corrected chi connectivity index (χ2v) is 7.53.